The third kappa shape index (κ3) is 3.55. The summed E-state index contributed by atoms with van der Waals surface area (Å²) in [5.41, 5.74) is 1.37. The zero-order valence-electron chi connectivity index (χ0n) is 7.56. The molecular weight excluding hydrogens is 150 g/mol. The Labute approximate surface area is 73.6 Å². The second-order valence-electron chi connectivity index (χ2n) is 2.82. The van der Waals surface area contributed by atoms with Crippen LogP contribution in [-0.4, -0.2) is 31.7 Å². The zero-order valence-corrected chi connectivity index (χ0v) is 7.56. The molecule has 0 unspecified atom stereocenters. The number of aromatic nitrogens is 1. The average Bonchev–Trinajstić information content (AvgIpc) is 2.57. The van der Waals surface area contributed by atoms with Crippen LogP contribution in [0.5, 0.6) is 0 Å². The first-order valence-corrected chi connectivity index (χ1v) is 4.40. The summed E-state index contributed by atoms with van der Waals surface area (Å²) in [6.45, 7) is 3.13. The molecule has 1 aromatic rings. The Balaban J connectivity index is 1.96. The van der Waals surface area contributed by atoms with Crippen LogP contribution in [0.25, 0.3) is 0 Å². The highest BCUT2D eigenvalue weighted by atomic mass is 14.9. The molecule has 0 radical (unpaired) electrons. The van der Waals surface area contributed by atoms with E-state index in [1.54, 1.807) is 0 Å². The van der Waals surface area contributed by atoms with Gasteiger partial charge in [0.2, 0.25) is 0 Å². The van der Waals surface area contributed by atoms with Crippen molar-refractivity contribution in [3.63, 3.8) is 0 Å². The normalized spacial score (nSPS) is 10.4. The van der Waals surface area contributed by atoms with Crippen LogP contribution in [0, 0.1) is 0 Å². The molecule has 68 valence electrons. The van der Waals surface area contributed by atoms with Crippen LogP contribution in [0.3, 0.4) is 0 Å². The summed E-state index contributed by atoms with van der Waals surface area (Å²) in [4.78, 5) is 3.04. The quantitative estimate of drug-likeness (QED) is 0.536. The van der Waals surface area contributed by atoms with E-state index in [2.05, 4.69) is 21.7 Å². The molecule has 0 saturated carbocycles. The van der Waals surface area contributed by atoms with Gasteiger partial charge in [0, 0.05) is 25.5 Å². The molecule has 3 nitrogen and oxygen atoms in total. The largest absolute Gasteiger partial charge is 0.367 e. The number of nitrogens with one attached hydrogen (secondary N) is 3. The van der Waals surface area contributed by atoms with Gasteiger partial charge in [-0.25, -0.2) is 0 Å². The van der Waals surface area contributed by atoms with E-state index in [0.717, 1.165) is 26.1 Å². The predicted octanol–water partition coefficient (Wildman–Crippen LogP) is 0.366. The van der Waals surface area contributed by atoms with Crippen molar-refractivity contribution in [3.8, 4) is 0 Å². The monoisotopic (exact) mass is 167 g/mol. The number of H-pyrrole nitrogens is 1. The van der Waals surface area contributed by atoms with Gasteiger partial charge < -0.3 is 15.6 Å². The third-order valence-corrected chi connectivity index (χ3v) is 1.80. The van der Waals surface area contributed by atoms with Crippen molar-refractivity contribution in [1.82, 2.24) is 15.6 Å². The predicted molar refractivity (Wildman–Crippen MR) is 51.3 cm³/mol. The number of rotatable bonds is 6. The van der Waals surface area contributed by atoms with Gasteiger partial charge >= 0.3 is 0 Å². The molecule has 1 rings (SSSR count). The van der Waals surface area contributed by atoms with Crippen molar-refractivity contribution in [3.05, 3.63) is 24.0 Å². The van der Waals surface area contributed by atoms with Crippen LogP contribution in [0.15, 0.2) is 18.5 Å². The van der Waals surface area contributed by atoms with Crippen molar-refractivity contribution < 1.29 is 0 Å². The maximum Gasteiger partial charge on any atom is 0.00767 e. The molecule has 1 heterocycles. The van der Waals surface area contributed by atoms with Crippen LogP contribution in [-0.2, 0) is 6.42 Å². The molecule has 3 heteroatoms. The summed E-state index contributed by atoms with van der Waals surface area (Å²) < 4.78 is 0. The van der Waals surface area contributed by atoms with Crippen LogP contribution in [0.1, 0.15) is 5.56 Å². The molecule has 0 aromatic carbocycles. The molecule has 3 N–H and O–H groups in total. The number of likely N-dealkylation sites (N-methyl/N-ethyl adjacent to an activating group) is 1. The molecule has 0 aliphatic carbocycles. The van der Waals surface area contributed by atoms with Gasteiger partial charge in [-0.3, -0.25) is 0 Å². The molecule has 0 atom stereocenters. The van der Waals surface area contributed by atoms with Crippen molar-refractivity contribution in [1.29, 1.82) is 0 Å². The van der Waals surface area contributed by atoms with E-state index in [-0.39, 0.29) is 0 Å². The van der Waals surface area contributed by atoms with E-state index in [1.165, 1.54) is 5.56 Å². The first-order valence-electron chi connectivity index (χ1n) is 4.40. The first-order chi connectivity index (χ1) is 5.93. The first kappa shape index (κ1) is 9.29. The highest BCUT2D eigenvalue weighted by molar-refractivity contribution is 5.08. The summed E-state index contributed by atoms with van der Waals surface area (Å²) in [5, 5.41) is 6.44. The minimum atomic E-state index is 1.03. The van der Waals surface area contributed by atoms with Gasteiger partial charge in [-0.1, -0.05) is 0 Å². The fraction of sp³-hybridized carbons (Fsp3) is 0.556. The van der Waals surface area contributed by atoms with Crippen molar-refractivity contribution >= 4 is 0 Å². The maximum atomic E-state index is 3.35. The van der Waals surface area contributed by atoms with E-state index >= 15 is 0 Å². The molecule has 0 aliphatic heterocycles. The fourth-order valence-electron chi connectivity index (χ4n) is 1.09. The van der Waals surface area contributed by atoms with E-state index in [9.17, 15) is 0 Å². The molecule has 0 fully saturated rings. The Morgan fingerprint density at radius 3 is 2.92 bits per heavy atom. The minimum Gasteiger partial charge on any atom is -0.367 e. The summed E-state index contributed by atoms with van der Waals surface area (Å²) in [5.74, 6) is 0. The van der Waals surface area contributed by atoms with Gasteiger partial charge in [0.15, 0.2) is 0 Å². The molecule has 0 amide bonds. The van der Waals surface area contributed by atoms with Crippen molar-refractivity contribution in [2.45, 2.75) is 6.42 Å². The lowest BCUT2D eigenvalue weighted by Crippen LogP contribution is -2.26. The van der Waals surface area contributed by atoms with Gasteiger partial charge in [-0.2, -0.15) is 0 Å². The Hall–Kier alpha value is -0.800. The smallest absolute Gasteiger partial charge is 0.00767 e. The molecule has 0 bridgehead atoms. The second kappa shape index (κ2) is 5.80. The van der Waals surface area contributed by atoms with Gasteiger partial charge in [0.25, 0.3) is 0 Å². The Morgan fingerprint density at radius 1 is 1.33 bits per heavy atom. The summed E-state index contributed by atoms with van der Waals surface area (Å²) in [6.07, 6.45) is 5.11. The standard InChI is InChI=1S/C9H17N3/c1-10-6-7-11-4-2-9-3-5-12-8-9/h3,5,8,10-12H,2,4,6-7H2,1H3. The van der Waals surface area contributed by atoms with Crippen LogP contribution >= 0.6 is 0 Å². The summed E-state index contributed by atoms with van der Waals surface area (Å²) >= 11 is 0. The van der Waals surface area contributed by atoms with E-state index in [1.807, 2.05) is 19.4 Å². The molecule has 0 aliphatic rings. The molecular formula is C9H17N3. The number of hydrogen-bond donors (Lipinski definition) is 3. The molecule has 0 spiro atoms. The van der Waals surface area contributed by atoms with Crippen LogP contribution < -0.4 is 10.6 Å². The average molecular weight is 167 g/mol. The maximum absolute atomic E-state index is 3.35. The lowest BCUT2D eigenvalue weighted by atomic mass is 10.2. The van der Waals surface area contributed by atoms with Gasteiger partial charge in [-0.15, -0.1) is 0 Å². The van der Waals surface area contributed by atoms with E-state index in [4.69, 9.17) is 0 Å². The summed E-state index contributed by atoms with van der Waals surface area (Å²) in [6, 6.07) is 2.11. The SMILES string of the molecule is CNCCNCCc1cc[nH]c1. The highest BCUT2D eigenvalue weighted by Gasteiger charge is 1.91. The van der Waals surface area contributed by atoms with Crippen LogP contribution in [0.4, 0.5) is 0 Å². The Kier molecular flexibility index (Phi) is 4.49. The van der Waals surface area contributed by atoms with Gasteiger partial charge in [0.1, 0.15) is 0 Å². The van der Waals surface area contributed by atoms with E-state index in [0.29, 0.717) is 0 Å². The lowest BCUT2D eigenvalue weighted by molar-refractivity contribution is 0.649. The van der Waals surface area contributed by atoms with Gasteiger partial charge in [-0.05, 0) is 31.6 Å². The Morgan fingerprint density at radius 2 is 2.25 bits per heavy atom. The second-order valence-corrected chi connectivity index (χ2v) is 2.82. The fourth-order valence-corrected chi connectivity index (χ4v) is 1.09. The van der Waals surface area contributed by atoms with Gasteiger partial charge in [0.05, 0.1) is 0 Å². The lowest BCUT2D eigenvalue weighted by Gasteiger charge is -2.01. The third-order valence-electron chi connectivity index (χ3n) is 1.80. The molecule has 0 saturated heterocycles. The minimum absolute atomic E-state index is 1.03. The van der Waals surface area contributed by atoms with Crippen molar-refractivity contribution in [2.75, 3.05) is 26.7 Å². The molecule has 12 heavy (non-hydrogen) atoms. The van der Waals surface area contributed by atoms with Crippen LogP contribution in [0.2, 0.25) is 0 Å². The number of aromatic amines is 1. The summed E-state index contributed by atoms with van der Waals surface area (Å²) in [7, 11) is 1.97. The zero-order chi connectivity index (χ0) is 8.65. The van der Waals surface area contributed by atoms with E-state index < -0.39 is 0 Å². The Bertz CT molecular complexity index is 182. The molecule has 1 aromatic heterocycles. The topological polar surface area (TPSA) is 39.8 Å². The number of hydrogen-bond acceptors (Lipinski definition) is 2. The highest BCUT2D eigenvalue weighted by Crippen LogP contribution is 1.95. The van der Waals surface area contributed by atoms with Crippen molar-refractivity contribution in [2.24, 2.45) is 0 Å².